The van der Waals surface area contributed by atoms with Gasteiger partial charge in [0.1, 0.15) is 0 Å². The molecule has 0 atom stereocenters. The van der Waals surface area contributed by atoms with Crippen molar-refractivity contribution in [1.29, 1.82) is 0 Å². The summed E-state index contributed by atoms with van der Waals surface area (Å²) in [5, 5.41) is 3.46. The number of pyridine rings is 1. The maximum atomic E-state index is 12.8. The van der Waals surface area contributed by atoms with E-state index in [4.69, 9.17) is 0 Å². The van der Waals surface area contributed by atoms with Crippen LogP contribution in [0.15, 0.2) is 59.5 Å². The van der Waals surface area contributed by atoms with Gasteiger partial charge in [0.2, 0.25) is 5.91 Å². The molecule has 0 saturated heterocycles. The van der Waals surface area contributed by atoms with Gasteiger partial charge in [-0.05, 0) is 50.5 Å². The number of amides is 1. The summed E-state index contributed by atoms with van der Waals surface area (Å²) >= 11 is 0. The summed E-state index contributed by atoms with van der Waals surface area (Å²) in [6.45, 7) is 2.05. The molecule has 1 amide bonds. The largest absolute Gasteiger partial charge is 0.326 e. The SMILES string of the molecule is CC(=O)Nc1ccc(S(=O)(=O)Nc2cccc3ccc(CN(C)C)nc23)cc1. The van der Waals surface area contributed by atoms with Crippen LogP contribution in [0, 0.1) is 0 Å². The zero-order valence-electron chi connectivity index (χ0n) is 15.9. The molecule has 0 fully saturated rings. The Bertz CT molecular complexity index is 1110. The average Bonchev–Trinajstić information content (AvgIpc) is 2.61. The first-order valence-electron chi connectivity index (χ1n) is 8.68. The molecule has 2 N–H and O–H groups in total. The number of hydrogen-bond acceptors (Lipinski definition) is 5. The van der Waals surface area contributed by atoms with E-state index in [1.54, 1.807) is 24.3 Å². The molecule has 8 heteroatoms. The lowest BCUT2D eigenvalue weighted by Gasteiger charge is -2.13. The van der Waals surface area contributed by atoms with Crippen molar-refractivity contribution < 1.29 is 13.2 Å². The fourth-order valence-electron chi connectivity index (χ4n) is 2.81. The van der Waals surface area contributed by atoms with Gasteiger partial charge in [-0.1, -0.05) is 18.2 Å². The standard InChI is InChI=1S/C20H22N4O3S/c1-14(25)21-16-9-11-18(12-10-16)28(26,27)23-19-6-4-5-15-7-8-17(13-24(2)3)22-20(15)19/h4-12,23H,13H2,1-3H3,(H,21,25). The molecule has 0 bridgehead atoms. The molecule has 0 unspecified atom stereocenters. The summed E-state index contributed by atoms with van der Waals surface area (Å²) in [7, 11) is 0.1000. The summed E-state index contributed by atoms with van der Waals surface area (Å²) in [4.78, 5) is 17.8. The fraction of sp³-hybridized carbons (Fsp3) is 0.200. The second-order valence-electron chi connectivity index (χ2n) is 6.73. The fourth-order valence-corrected chi connectivity index (χ4v) is 3.87. The monoisotopic (exact) mass is 398 g/mol. The number of carbonyl (C=O) groups excluding carboxylic acids is 1. The molecule has 3 rings (SSSR count). The van der Waals surface area contributed by atoms with Gasteiger partial charge in [-0.3, -0.25) is 9.52 Å². The molecule has 1 aromatic heterocycles. The molecule has 2 aromatic carbocycles. The number of hydrogen-bond donors (Lipinski definition) is 2. The first kappa shape index (κ1) is 19.8. The summed E-state index contributed by atoms with van der Waals surface area (Å²) < 4.78 is 28.2. The minimum Gasteiger partial charge on any atom is -0.326 e. The van der Waals surface area contributed by atoms with Crippen LogP contribution in [0.4, 0.5) is 11.4 Å². The number of nitrogens with zero attached hydrogens (tertiary/aromatic N) is 2. The van der Waals surface area contributed by atoms with Gasteiger partial charge >= 0.3 is 0 Å². The van der Waals surface area contributed by atoms with Gasteiger partial charge in [-0.25, -0.2) is 13.4 Å². The second-order valence-corrected chi connectivity index (χ2v) is 8.41. The quantitative estimate of drug-likeness (QED) is 0.666. The highest BCUT2D eigenvalue weighted by Gasteiger charge is 2.16. The Labute approximate surface area is 164 Å². The highest BCUT2D eigenvalue weighted by Crippen LogP contribution is 2.25. The molecule has 28 heavy (non-hydrogen) atoms. The molecular weight excluding hydrogens is 376 g/mol. The van der Waals surface area contributed by atoms with Crippen molar-refractivity contribution in [2.24, 2.45) is 0 Å². The highest BCUT2D eigenvalue weighted by molar-refractivity contribution is 7.92. The molecule has 3 aromatic rings. The van der Waals surface area contributed by atoms with E-state index in [9.17, 15) is 13.2 Å². The molecule has 0 aliphatic rings. The first-order valence-corrected chi connectivity index (χ1v) is 10.2. The second kappa shape index (κ2) is 7.95. The Morgan fingerprint density at radius 1 is 1.04 bits per heavy atom. The van der Waals surface area contributed by atoms with Gasteiger partial charge in [0.05, 0.1) is 21.8 Å². The van der Waals surface area contributed by atoms with Gasteiger partial charge in [0.25, 0.3) is 10.0 Å². The molecule has 1 heterocycles. The van der Waals surface area contributed by atoms with Crippen LogP contribution in [0.5, 0.6) is 0 Å². The predicted molar refractivity (Wildman–Crippen MR) is 111 cm³/mol. The van der Waals surface area contributed by atoms with Crippen molar-refractivity contribution in [1.82, 2.24) is 9.88 Å². The topological polar surface area (TPSA) is 91.4 Å². The van der Waals surface area contributed by atoms with Crippen molar-refractivity contribution in [3.05, 3.63) is 60.3 Å². The summed E-state index contributed by atoms with van der Waals surface area (Å²) in [5.41, 5.74) is 2.40. The summed E-state index contributed by atoms with van der Waals surface area (Å²) in [6.07, 6.45) is 0. The van der Waals surface area contributed by atoms with Crippen molar-refractivity contribution in [3.63, 3.8) is 0 Å². The number of sulfonamides is 1. The minimum atomic E-state index is -3.80. The van der Waals surface area contributed by atoms with Crippen LogP contribution >= 0.6 is 0 Å². The van der Waals surface area contributed by atoms with E-state index >= 15 is 0 Å². The van der Waals surface area contributed by atoms with Crippen LogP contribution < -0.4 is 10.0 Å². The molecule has 0 saturated carbocycles. The first-order chi connectivity index (χ1) is 13.2. The zero-order valence-corrected chi connectivity index (χ0v) is 16.7. The lowest BCUT2D eigenvalue weighted by atomic mass is 10.2. The molecule has 0 spiro atoms. The summed E-state index contributed by atoms with van der Waals surface area (Å²) in [5.74, 6) is -0.218. The number of fused-ring (bicyclic) bond motifs is 1. The van der Waals surface area contributed by atoms with Crippen molar-refractivity contribution >= 4 is 38.2 Å². The lowest BCUT2D eigenvalue weighted by Crippen LogP contribution is -2.14. The molecule has 0 radical (unpaired) electrons. The van der Waals surface area contributed by atoms with E-state index in [1.807, 2.05) is 37.2 Å². The van der Waals surface area contributed by atoms with Gasteiger partial charge in [-0.15, -0.1) is 0 Å². The molecular formula is C20H22N4O3S. The van der Waals surface area contributed by atoms with Crippen LogP contribution in [0.1, 0.15) is 12.6 Å². The number of aromatic nitrogens is 1. The number of benzene rings is 2. The van der Waals surface area contributed by atoms with E-state index in [0.29, 0.717) is 23.4 Å². The van der Waals surface area contributed by atoms with Crippen LogP contribution in [-0.2, 0) is 21.4 Å². The van der Waals surface area contributed by atoms with E-state index in [-0.39, 0.29) is 10.8 Å². The Kier molecular flexibility index (Phi) is 5.62. The van der Waals surface area contributed by atoms with Gasteiger partial charge < -0.3 is 10.2 Å². The van der Waals surface area contributed by atoms with Crippen LogP contribution in [-0.4, -0.2) is 38.3 Å². The Balaban J connectivity index is 1.93. The average molecular weight is 398 g/mol. The number of para-hydroxylation sites is 1. The number of nitrogens with one attached hydrogen (secondary N) is 2. The third-order valence-corrected chi connectivity index (χ3v) is 5.37. The smallest absolute Gasteiger partial charge is 0.261 e. The minimum absolute atomic E-state index is 0.100. The van der Waals surface area contributed by atoms with Gasteiger partial charge in [-0.2, -0.15) is 0 Å². The van der Waals surface area contributed by atoms with Crippen LogP contribution in [0.3, 0.4) is 0 Å². The third-order valence-electron chi connectivity index (χ3n) is 3.99. The number of carbonyl (C=O) groups is 1. The van der Waals surface area contributed by atoms with Crippen molar-refractivity contribution in [3.8, 4) is 0 Å². The zero-order chi connectivity index (χ0) is 20.3. The Morgan fingerprint density at radius 3 is 2.39 bits per heavy atom. The van der Waals surface area contributed by atoms with E-state index in [2.05, 4.69) is 15.0 Å². The van der Waals surface area contributed by atoms with E-state index in [1.165, 1.54) is 19.1 Å². The molecule has 7 nitrogen and oxygen atoms in total. The van der Waals surface area contributed by atoms with Crippen molar-refractivity contribution in [2.75, 3.05) is 24.1 Å². The van der Waals surface area contributed by atoms with E-state index < -0.39 is 10.0 Å². The number of anilines is 2. The Hall–Kier alpha value is -2.97. The third kappa shape index (κ3) is 4.65. The lowest BCUT2D eigenvalue weighted by molar-refractivity contribution is -0.114. The maximum Gasteiger partial charge on any atom is 0.261 e. The van der Waals surface area contributed by atoms with Crippen molar-refractivity contribution in [2.45, 2.75) is 18.4 Å². The molecule has 0 aliphatic carbocycles. The highest BCUT2D eigenvalue weighted by atomic mass is 32.2. The van der Waals surface area contributed by atoms with Gasteiger partial charge in [0, 0.05) is 24.5 Å². The van der Waals surface area contributed by atoms with E-state index in [0.717, 1.165) is 11.1 Å². The molecule has 146 valence electrons. The Morgan fingerprint density at radius 2 is 1.75 bits per heavy atom. The maximum absolute atomic E-state index is 12.8. The van der Waals surface area contributed by atoms with Crippen LogP contribution in [0.2, 0.25) is 0 Å². The van der Waals surface area contributed by atoms with Crippen LogP contribution in [0.25, 0.3) is 10.9 Å². The number of rotatable bonds is 6. The molecule has 0 aliphatic heterocycles. The predicted octanol–water partition coefficient (Wildman–Crippen LogP) is 3.06. The normalized spacial score (nSPS) is 11.6. The van der Waals surface area contributed by atoms with Gasteiger partial charge in [0.15, 0.2) is 0 Å². The summed E-state index contributed by atoms with van der Waals surface area (Å²) in [6, 6.07) is 15.2.